The first-order valence-corrected chi connectivity index (χ1v) is 13.9. The third-order valence-electron chi connectivity index (χ3n) is 5.60. The van der Waals surface area contributed by atoms with E-state index in [0.29, 0.717) is 22.8 Å². The van der Waals surface area contributed by atoms with E-state index >= 15 is 0 Å². The van der Waals surface area contributed by atoms with Crippen molar-refractivity contribution in [3.05, 3.63) is 84.2 Å². The van der Waals surface area contributed by atoms with Crippen molar-refractivity contribution < 1.29 is 17.9 Å². The van der Waals surface area contributed by atoms with E-state index in [9.17, 15) is 8.42 Å². The molecule has 0 aliphatic heterocycles. The number of ether oxygens (including phenoxy) is 2. The number of tetrazole rings is 1. The summed E-state index contributed by atoms with van der Waals surface area (Å²) in [5.74, 6) is 1.25. The summed E-state index contributed by atoms with van der Waals surface area (Å²) in [6.45, 7) is 11.4. The number of nitrogens with one attached hydrogen (secondary N) is 2. The van der Waals surface area contributed by atoms with Gasteiger partial charge in [0.15, 0.2) is 33.9 Å². The Morgan fingerprint density at radius 3 is 2.51 bits per heavy atom. The smallest absolute Gasteiger partial charge is 0.280 e. The van der Waals surface area contributed by atoms with Crippen LogP contribution in [-0.2, 0) is 14.8 Å². The van der Waals surface area contributed by atoms with Gasteiger partial charge in [0.05, 0.1) is 13.3 Å². The molecular weight excluding hydrogens is 546 g/mol. The second-order valence-electron chi connectivity index (χ2n) is 9.08. The van der Waals surface area contributed by atoms with Crippen LogP contribution in [0.15, 0.2) is 83.7 Å². The summed E-state index contributed by atoms with van der Waals surface area (Å²) in [6.07, 6.45) is 7.77. The number of methoxy groups -OCH3 is 1. The molecule has 0 saturated carbocycles. The molecule has 41 heavy (non-hydrogen) atoms. The highest BCUT2D eigenvalue weighted by atomic mass is 32.2. The Morgan fingerprint density at radius 2 is 1.90 bits per heavy atom. The van der Waals surface area contributed by atoms with Crippen molar-refractivity contribution >= 4 is 15.8 Å². The summed E-state index contributed by atoms with van der Waals surface area (Å²) in [4.78, 5) is 17.3. The molecule has 0 unspecified atom stereocenters. The number of anilines is 1. The van der Waals surface area contributed by atoms with Gasteiger partial charge in [0.25, 0.3) is 10.0 Å². The van der Waals surface area contributed by atoms with Gasteiger partial charge in [0.2, 0.25) is 5.82 Å². The minimum absolute atomic E-state index is 0.0290. The van der Waals surface area contributed by atoms with Gasteiger partial charge in [-0.05, 0) is 60.9 Å². The minimum atomic E-state index is -4.16. The van der Waals surface area contributed by atoms with Crippen molar-refractivity contribution in [3.8, 4) is 28.7 Å². The quantitative estimate of drug-likeness (QED) is 0.191. The molecule has 4 heterocycles. The lowest BCUT2D eigenvalue weighted by Gasteiger charge is -2.16. The van der Waals surface area contributed by atoms with Gasteiger partial charge in [-0.2, -0.15) is 13.6 Å². The van der Waals surface area contributed by atoms with Crippen molar-refractivity contribution in [3.63, 3.8) is 0 Å². The number of allylic oxidation sites excluding steroid dienone is 3. The monoisotopic (exact) mass is 575 g/mol. The Kier molecular flexibility index (Phi) is 8.82. The lowest BCUT2D eigenvalue weighted by atomic mass is 10.1. The summed E-state index contributed by atoms with van der Waals surface area (Å²) in [6, 6.07) is 6.48. The van der Waals surface area contributed by atoms with Gasteiger partial charge in [-0.15, -0.1) is 10.2 Å². The third kappa shape index (κ3) is 6.97. The van der Waals surface area contributed by atoms with Crippen LogP contribution in [0.3, 0.4) is 0 Å². The molecule has 4 aromatic heterocycles. The van der Waals surface area contributed by atoms with Crippen LogP contribution in [0.2, 0.25) is 0 Å². The lowest BCUT2D eigenvalue weighted by molar-refractivity contribution is 0.262. The molecule has 4 aromatic rings. The highest BCUT2D eigenvalue weighted by Gasteiger charge is 2.22. The van der Waals surface area contributed by atoms with Crippen LogP contribution in [0.1, 0.15) is 39.2 Å². The number of nitrogens with zero attached hydrogens (tertiary/aromatic N) is 7. The number of pyridine rings is 2. The summed E-state index contributed by atoms with van der Waals surface area (Å²) >= 11 is 0. The van der Waals surface area contributed by atoms with E-state index in [0.717, 1.165) is 11.1 Å². The zero-order valence-electron chi connectivity index (χ0n) is 23.2. The maximum atomic E-state index is 13.4. The Labute approximate surface area is 237 Å². The van der Waals surface area contributed by atoms with Gasteiger partial charge in [0.1, 0.15) is 5.69 Å². The molecule has 212 valence electrons. The largest absolute Gasteiger partial charge is 0.493 e. The minimum Gasteiger partial charge on any atom is -0.493 e. The van der Waals surface area contributed by atoms with Crippen molar-refractivity contribution in [2.75, 3.05) is 11.8 Å². The zero-order chi connectivity index (χ0) is 29.6. The molecule has 13 nitrogen and oxygen atoms in total. The van der Waals surface area contributed by atoms with Gasteiger partial charge >= 0.3 is 0 Å². The molecule has 0 amide bonds. The second kappa shape index (κ2) is 12.5. The van der Waals surface area contributed by atoms with E-state index in [1.165, 1.54) is 31.8 Å². The van der Waals surface area contributed by atoms with Gasteiger partial charge in [0, 0.05) is 18.0 Å². The predicted molar refractivity (Wildman–Crippen MR) is 152 cm³/mol. The molecule has 0 aliphatic carbocycles. The number of aromatic nitrogens is 8. The van der Waals surface area contributed by atoms with Gasteiger partial charge in [-0.1, -0.05) is 32.1 Å². The maximum Gasteiger partial charge on any atom is 0.280 e. The van der Waals surface area contributed by atoms with Crippen LogP contribution < -0.4 is 9.46 Å². The number of aromatic amines is 1. The summed E-state index contributed by atoms with van der Waals surface area (Å²) < 4.78 is 40.8. The SMILES string of the molecule is C=C(C)/C=C(OC)\C(=C/C)Oc1cnc(-c2ccnc(-c3nn[nH]n3)c2)nc1NS(=O)(=O)c1ccc(C(C)C)cn1. The molecule has 4 rings (SSSR count). The number of rotatable bonds is 11. The Balaban J connectivity index is 1.78. The van der Waals surface area contributed by atoms with E-state index in [1.807, 2.05) is 13.8 Å². The normalized spacial score (nSPS) is 12.3. The average Bonchev–Trinajstić information content (AvgIpc) is 3.50. The summed E-state index contributed by atoms with van der Waals surface area (Å²) in [7, 11) is -2.68. The number of hydrogen-bond donors (Lipinski definition) is 2. The summed E-state index contributed by atoms with van der Waals surface area (Å²) in [5, 5.41) is 13.6. The van der Waals surface area contributed by atoms with Crippen LogP contribution in [0.4, 0.5) is 5.82 Å². The zero-order valence-corrected chi connectivity index (χ0v) is 24.0. The lowest BCUT2D eigenvalue weighted by Crippen LogP contribution is -2.17. The third-order valence-corrected chi connectivity index (χ3v) is 6.86. The van der Waals surface area contributed by atoms with Crippen molar-refractivity contribution in [2.45, 2.75) is 38.6 Å². The molecule has 0 radical (unpaired) electrons. The first-order valence-electron chi connectivity index (χ1n) is 12.4. The van der Waals surface area contributed by atoms with E-state index < -0.39 is 10.0 Å². The Bertz CT molecular complexity index is 1700. The van der Waals surface area contributed by atoms with E-state index in [1.54, 1.807) is 44.2 Å². The van der Waals surface area contributed by atoms with Crippen LogP contribution in [0.25, 0.3) is 22.9 Å². The fourth-order valence-corrected chi connectivity index (χ4v) is 4.46. The standard InChI is InChI=1S/C27H29N9O4S/c1-7-21(22(39-6)12-16(2)3)40-23-15-30-25(18-10-11-28-20(13-18)26-32-35-36-33-26)31-27(23)34-41(37,38)24-9-8-19(14-29-24)17(4)5/h7-15,17H,2H2,1,3-6H3,(H,30,31,34)(H,32,33,35,36)/b21-7+,22-12+. The fraction of sp³-hybridized carbons (Fsp3) is 0.222. The van der Waals surface area contributed by atoms with Gasteiger partial charge < -0.3 is 9.47 Å². The fourth-order valence-electron chi connectivity index (χ4n) is 3.52. The topological polar surface area (TPSA) is 171 Å². The molecule has 0 spiro atoms. The number of hydrogen-bond acceptors (Lipinski definition) is 11. The highest BCUT2D eigenvalue weighted by molar-refractivity contribution is 7.92. The second-order valence-corrected chi connectivity index (χ2v) is 10.7. The first-order chi connectivity index (χ1) is 19.6. The van der Waals surface area contributed by atoms with Crippen LogP contribution in [0, 0.1) is 0 Å². The maximum absolute atomic E-state index is 13.4. The van der Waals surface area contributed by atoms with Crippen LogP contribution in [-0.4, -0.2) is 56.1 Å². The molecule has 0 atom stereocenters. The van der Waals surface area contributed by atoms with E-state index in [2.05, 4.69) is 51.9 Å². The van der Waals surface area contributed by atoms with E-state index in [-0.39, 0.29) is 34.2 Å². The molecule has 14 heteroatoms. The number of H-pyrrole nitrogens is 1. The Morgan fingerprint density at radius 1 is 1.10 bits per heavy atom. The average molecular weight is 576 g/mol. The predicted octanol–water partition coefficient (Wildman–Crippen LogP) is 4.43. The van der Waals surface area contributed by atoms with Crippen molar-refractivity contribution in [2.24, 2.45) is 0 Å². The van der Waals surface area contributed by atoms with E-state index in [4.69, 9.17) is 9.47 Å². The molecule has 0 saturated heterocycles. The molecule has 0 bridgehead atoms. The van der Waals surface area contributed by atoms with Crippen LogP contribution >= 0.6 is 0 Å². The van der Waals surface area contributed by atoms with Gasteiger partial charge in [-0.25, -0.2) is 15.0 Å². The molecule has 0 aliphatic rings. The highest BCUT2D eigenvalue weighted by Crippen LogP contribution is 2.31. The van der Waals surface area contributed by atoms with Crippen LogP contribution in [0.5, 0.6) is 5.75 Å². The molecule has 0 fully saturated rings. The molecular formula is C27H29N9O4S. The summed E-state index contributed by atoms with van der Waals surface area (Å²) in [5.41, 5.74) is 2.57. The number of sulfonamides is 1. The molecule has 0 aromatic carbocycles. The van der Waals surface area contributed by atoms with Gasteiger partial charge in [-0.3, -0.25) is 9.71 Å². The van der Waals surface area contributed by atoms with Crippen molar-refractivity contribution in [1.82, 2.24) is 40.6 Å². The Hall–Kier alpha value is -4.98. The van der Waals surface area contributed by atoms with Crippen molar-refractivity contribution in [1.29, 1.82) is 0 Å². The molecule has 2 N–H and O–H groups in total. The first kappa shape index (κ1) is 29.0.